The van der Waals surface area contributed by atoms with E-state index in [-0.39, 0.29) is 5.82 Å². The van der Waals surface area contributed by atoms with Crippen molar-refractivity contribution in [2.75, 3.05) is 0 Å². The Bertz CT molecular complexity index is 783. The first kappa shape index (κ1) is 13.6. The Labute approximate surface area is 123 Å². The maximum atomic E-state index is 14.1. The smallest absolute Gasteiger partial charge is 0.137 e. The number of halogens is 1. The van der Waals surface area contributed by atoms with E-state index >= 15 is 0 Å². The minimum Gasteiger partial charge on any atom is -0.303 e. The number of aromatic nitrogens is 2. The van der Waals surface area contributed by atoms with Crippen LogP contribution in [0.3, 0.4) is 0 Å². The van der Waals surface area contributed by atoms with Crippen LogP contribution in [0.1, 0.15) is 17.0 Å². The van der Waals surface area contributed by atoms with Crippen molar-refractivity contribution in [2.24, 2.45) is 0 Å². The van der Waals surface area contributed by atoms with E-state index in [9.17, 15) is 4.39 Å². The van der Waals surface area contributed by atoms with E-state index in [1.165, 1.54) is 6.07 Å². The first-order valence-corrected chi connectivity index (χ1v) is 6.95. The Morgan fingerprint density at radius 2 is 1.62 bits per heavy atom. The molecule has 3 heteroatoms. The van der Waals surface area contributed by atoms with Gasteiger partial charge in [0.2, 0.25) is 0 Å². The maximum absolute atomic E-state index is 14.1. The number of benzene rings is 1. The van der Waals surface area contributed by atoms with Crippen molar-refractivity contribution in [3.63, 3.8) is 0 Å². The molecule has 0 unspecified atom stereocenters. The predicted molar refractivity (Wildman–Crippen MR) is 83.2 cm³/mol. The van der Waals surface area contributed by atoms with Gasteiger partial charge < -0.3 is 4.57 Å². The summed E-state index contributed by atoms with van der Waals surface area (Å²) in [4.78, 5) is 4.62. The van der Waals surface area contributed by atoms with Crippen LogP contribution in [0, 0.1) is 26.6 Å². The van der Waals surface area contributed by atoms with Crippen molar-refractivity contribution < 1.29 is 4.39 Å². The summed E-state index contributed by atoms with van der Waals surface area (Å²) in [6, 6.07) is 15.0. The van der Waals surface area contributed by atoms with Gasteiger partial charge in [-0.15, -0.1) is 0 Å². The van der Waals surface area contributed by atoms with Gasteiger partial charge in [0.25, 0.3) is 0 Å². The summed E-state index contributed by atoms with van der Waals surface area (Å²) in [6.07, 6.45) is 0. The SMILES string of the molecule is Cc1ccc(-c2cccc(-n3c(C)ccc3C)n2)c(F)c1. The van der Waals surface area contributed by atoms with Gasteiger partial charge in [-0.05, 0) is 62.7 Å². The topological polar surface area (TPSA) is 17.8 Å². The van der Waals surface area contributed by atoms with Crippen molar-refractivity contribution >= 4 is 0 Å². The quantitative estimate of drug-likeness (QED) is 0.670. The van der Waals surface area contributed by atoms with E-state index in [2.05, 4.69) is 21.7 Å². The van der Waals surface area contributed by atoms with Crippen molar-refractivity contribution in [3.8, 4) is 17.1 Å². The largest absolute Gasteiger partial charge is 0.303 e. The Kier molecular flexibility index (Phi) is 3.34. The fourth-order valence-corrected chi connectivity index (χ4v) is 2.56. The lowest BCUT2D eigenvalue weighted by Crippen LogP contribution is -2.02. The highest BCUT2D eigenvalue weighted by molar-refractivity contribution is 5.61. The highest BCUT2D eigenvalue weighted by atomic mass is 19.1. The van der Waals surface area contributed by atoms with Gasteiger partial charge in [0.05, 0.1) is 5.69 Å². The van der Waals surface area contributed by atoms with Crippen molar-refractivity contribution in [1.82, 2.24) is 9.55 Å². The highest BCUT2D eigenvalue weighted by Gasteiger charge is 2.10. The van der Waals surface area contributed by atoms with Gasteiger partial charge in [-0.1, -0.05) is 12.1 Å². The van der Waals surface area contributed by atoms with Crippen LogP contribution in [0.5, 0.6) is 0 Å². The van der Waals surface area contributed by atoms with Crippen LogP contribution in [-0.4, -0.2) is 9.55 Å². The van der Waals surface area contributed by atoms with E-state index < -0.39 is 0 Å². The van der Waals surface area contributed by atoms with Crippen LogP contribution in [0.2, 0.25) is 0 Å². The Morgan fingerprint density at radius 3 is 2.29 bits per heavy atom. The van der Waals surface area contributed by atoms with Crippen LogP contribution in [0.15, 0.2) is 48.5 Å². The average Bonchev–Trinajstić information content (AvgIpc) is 2.78. The number of aryl methyl sites for hydroxylation is 3. The lowest BCUT2D eigenvalue weighted by molar-refractivity contribution is 0.629. The predicted octanol–water partition coefficient (Wildman–Crippen LogP) is 4.60. The van der Waals surface area contributed by atoms with Crippen LogP contribution >= 0.6 is 0 Å². The summed E-state index contributed by atoms with van der Waals surface area (Å²) in [5.74, 6) is 0.577. The monoisotopic (exact) mass is 280 g/mol. The fraction of sp³-hybridized carbons (Fsp3) is 0.167. The molecule has 0 saturated heterocycles. The molecule has 0 saturated carbocycles. The van der Waals surface area contributed by atoms with E-state index in [1.54, 1.807) is 6.07 Å². The van der Waals surface area contributed by atoms with E-state index in [4.69, 9.17) is 0 Å². The van der Waals surface area contributed by atoms with Crippen molar-refractivity contribution in [3.05, 3.63) is 71.3 Å². The molecule has 2 aromatic heterocycles. The van der Waals surface area contributed by atoms with Crippen LogP contribution in [0.4, 0.5) is 4.39 Å². The molecule has 0 atom stereocenters. The number of nitrogens with zero attached hydrogens (tertiary/aromatic N) is 2. The minimum absolute atomic E-state index is 0.236. The molecular formula is C18H17FN2. The van der Waals surface area contributed by atoms with E-state index in [0.29, 0.717) is 11.3 Å². The lowest BCUT2D eigenvalue weighted by atomic mass is 10.1. The fourth-order valence-electron chi connectivity index (χ4n) is 2.56. The summed E-state index contributed by atoms with van der Waals surface area (Å²) in [7, 11) is 0. The lowest BCUT2D eigenvalue weighted by Gasteiger charge is -2.10. The van der Waals surface area contributed by atoms with E-state index in [0.717, 1.165) is 22.8 Å². The zero-order chi connectivity index (χ0) is 15.0. The molecular weight excluding hydrogens is 263 g/mol. The molecule has 0 N–H and O–H groups in total. The van der Waals surface area contributed by atoms with Gasteiger partial charge in [-0.2, -0.15) is 0 Å². The molecule has 3 aromatic rings. The summed E-state index contributed by atoms with van der Waals surface area (Å²) in [5, 5.41) is 0. The number of rotatable bonds is 2. The number of pyridine rings is 1. The van der Waals surface area contributed by atoms with Crippen LogP contribution in [-0.2, 0) is 0 Å². The van der Waals surface area contributed by atoms with Crippen LogP contribution < -0.4 is 0 Å². The van der Waals surface area contributed by atoms with Gasteiger partial charge in [0.15, 0.2) is 0 Å². The van der Waals surface area contributed by atoms with Crippen molar-refractivity contribution in [2.45, 2.75) is 20.8 Å². The van der Waals surface area contributed by atoms with E-state index in [1.807, 2.05) is 45.0 Å². The molecule has 0 aliphatic carbocycles. The molecule has 2 nitrogen and oxygen atoms in total. The molecule has 1 aromatic carbocycles. The Morgan fingerprint density at radius 1 is 0.905 bits per heavy atom. The second-order valence-electron chi connectivity index (χ2n) is 5.32. The Balaban J connectivity index is 2.13. The van der Waals surface area contributed by atoms with Gasteiger partial charge in [0, 0.05) is 17.0 Å². The van der Waals surface area contributed by atoms with Crippen LogP contribution in [0.25, 0.3) is 17.1 Å². The third-order valence-corrected chi connectivity index (χ3v) is 3.64. The maximum Gasteiger partial charge on any atom is 0.137 e. The summed E-state index contributed by atoms with van der Waals surface area (Å²) in [5.41, 5.74) is 4.31. The summed E-state index contributed by atoms with van der Waals surface area (Å²) >= 11 is 0. The number of hydrogen-bond donors (Lipinski definition) is 0. The molecule has 21 heavy (non-hydrogen) atoms. The second-order valence-corrected chi connectivity index (χ2v) is 5.32. The van der Waals surface area contributed by atoms with Gasteiger partial charge in [-0.25, -0.2) is 9.37 Å². The first-order valence-electron chi connectivity index (χ1n) is 6.95. The minimum atomic E-state index is -0.236. The molecule has 0 bridgehead atoms. The molecule has 0 aliphatic heterocycles. The molecule has 0 radical (unpaired) electrons. The molecule has 0 amide bonds. The third kappa shape index (κ3) is 2.47. The second kappa shape index (κ2) is 5.17. The molecule has 0 fully saturated rings. The zero-order valence-corrected chi connectivity index (χ0v) is 12.4. The van der Waals surface area contributed by atoms with Gasteiger partial charge >= 0.3 is 0 Å². The van der Waals surface area contributed by atoms with Crippen molar-refractivity contribution in [1.29, 1.82) is 0 Å². The summed E-state index contributed by atoms with van der Waals surface area (Å²) in [6.45, 7) is 5.95. The standard InChI is InChI=1S/C18H17FN2/c1-12-7-10-15(16(19)11-12)17-5-4-6-18(20-17)21-13(2)8-9-14(21)3/h4-11H,1-3H3. The van der Waals surface area contributed by atoms with Gasteiger partial charge in [-0.3, -0.25) is 0 Å². The molecule has 0 spiro atoms. The Hall–Kier alpha value is -2.42. The van der Waals surface area contributed by atoms with Gasteiger partial charge in [0.1, 0.15) is 11.6 Å². The molecule has 2 heterocycles. The number of hydrogen-bond acceptors (Lipinski definition) is 1. The molecule has 0 aliphatic rings. The molecule has 106 valence electrons. The summed E-state index contributed by atoms with van der Waals surface area (Å²) < 4.78 is 16.2. The zero-order valence-electron chi connectivity index (χ0n) is 12.4. The highest BCUT2D eigenvalue weighted by Crippen LogP contribution is 2.24. The first-order chi connectivity index (χ1) is 10.1. The molecule has 3 rings (SSSR count). The normalized spacial score (nSPS) is 10.9. The third-order valence-electron chi connectivity index (χ3n) is 3.64. The average molecular weight is 280 g/mol.